The number of carbonyl (C=O) groups excluding carboxylic acids is 1. The van der Waals surface area contributed by atoms with Crippen LogP contribution in [0.4, 0.5) is 0 Å². The molecular weight excluding hydrogens is 342 g/mol. The molecule has 0 bridgehead atoms. The molecule has 126 valence electrons. The number of rotatable bonds is 5. The Morgan fingerprint density at radius 1 is 1.38 bits per heavy atom. The lowest BCUT2D eigenvalue weighted by Gasteiger charge is -2.09. The fraction of sp³-hybridized carbons (Fsp3) is 0.375. The lowest BCUT2D eigenvalue weighted by molar-refractivity contribution is -0.117. The molecule has 8 heteroatoms. The van der Waals surface area contributed by atoms with Crippen molar-refractivity contribution < 1.29 is 4.79 Å². The van der Waals surface area contributed by atoms with Crippen molar-refractivity contribution in [2.75, 3.05) is 18.1 Å². The highest BCUT2D eigenvalue weighted by molar-refractivity contribution is 8.14. The van der Waals surface area contributed by atoms with Gasteiger partial charge in [-0.25, -0.2) is 0 Å². The number of aryl methyl sites for hydroxylation is 1. The summed E-state index contributed by atoms with van der Waals surface area (Å²) < 4.78 is 2.04. The summed E-state index contributed by atoms with van der Waals surface area (Å²) in [6.07, 6.45) is 0. The van der Waals surface area contributed by atoms with E-state index in [1.807, 2.05) is 22.8 Å². The Bertz CT molecular complexity index is 772. The van der Waals surface area contributed by atoms with Crippen LogP contribution in [0.5, 0.6) is 0 Å². The van der Waals surface area contributed by atoms with Crippen LogP contribution in [0, 0.1) is 6.92 Å². The lowest BCUT2D eigenvalue weighted by Crippen LogP contribution is -2.29. The summed E-state index contributed by atoms with van der Waals surface area (Å²) in [5.74, 6) is 2.02. The zero-order valence-corrected chi connectivity index (χ0v) is 15.3. The Morgan fingerprint density at radius 2 is 2.21 bits per heavy atom. The van der Waals surface area contributed by atoms with Crippen LogP contribution in [0.25, 0.3) is 11.4 Å². The summed E-state index contributed by atoms with van der Waals surface area (Å²) in [5.41, 5.74) is 2.23. The van der Waals surface area contributed by atoms with Gasteiger partial charge >= 0.3 is 0 Å². The van der Waals surface area contributed by atoms with Crippen molar-refractivity contribution in [3.63, 3.8) is 0 Å². The third-order valence-electron chi connectivity index (χ3n) is 3.58. The molecule has 2 aromatic rings. The lowest BCUT2D eigenvalue weighted by atomic mass is 10.1. The fourth-order valence-corrected chi connectivity index (χ4v) is 3.95. The van der Waals surface area contributed by atoms with Gasteiger partial charge in [0.25, 0.3) is 0 Å². The number of benzene rings is 1. The first-order chi connectivity index (χ1) is 11.7. The van der Waals surface area contributed by atoms with Crippen LogP contribution in [-0.4, -0.2) is 43.9 Å². The van der Waals surface area contributed by atoms with E-state index in [4.69, 9.17) is 0 Å². The zero-order chi connectivity index (χ0) is 16.9. The third-order valence-corrected chi connectivity index (χ3v) is 5.44. The Kier molecular flexibility index (Phi) is 5.57. The largest absolute Gasteiger partial charge is 0.305 e. The number of thioether (sulfide) groups is 2. The van der Waals surface area contributed by atoms with Crippen LogP contribution < -0.4 is 5.32 Å². The number of hydrogen-bond acceptors (Lipinski definition) is 6. The standard InChI is InChI=1S/C16H19N5OS2/c1-3-21-14(12-7-5-4-6-11(12)2)19-20-16(21)24-10-13(22)18-15-17-8-9-23-15/h4-7H,3,8-10H2,1-2H3,(H,17,18,22). The third kappa shape index (κ3) is 3.81. The topological polar surface area (TPSA) is 72.2 Å². The molecule has 2 heterocycles. The minimum absolute atomic E-state index is 0.0590. The summed E-state index contributed by atoms with van der Waals surface area (Å²) in [5, 5.41) is 12.9. The molecule has 1 aromatic heterocycles. The first-order valence-electron chi connectivity index (χ1n) is 7.78. The average molecular weight is 361 g/mol. The normalized spacial score (nSPS) is 13.8. The minimum Gasteiger partial charge on any atom is -0.305 e. The molecule has 1 aliphatic heterocycles. The second-order valence-corrected chi connectivity index (χ2v) is 7.26. The smallest absolute Gasteiger partial charge is 0.236 e. The van der Waals surface area contributed by atoms with Crippen LogP contribution in [0.15, 0.2) is 34.4 Å². The predicted octanol–water partition coefficient (Wildman–Crippen LogP) is 2.58. The van der Waals surface area contributed by atoms with Crippen molar-refractivity contribution in [2.24, 2.45) is 4.99 Å². The van der Waals surface area contributed by atoms with Crippen molar-refractivity contribution in [1.29, 1.82) is 0 Å². The van der Waals surface area contributed by atoms with E-state index < -0.39 is 0 Å². The molecule has 0 fully saturated rings. The summed E-state index contributed by atoms with van der Waals surface area (Å²) in [6.45, 7) is 5.64. The first-order valence-corrected chi connectivity index (χ1v) is 9.75. The molecule has 3 rings (SSSR count). The van der Waals surface area contributed by atoms with Crippen molar-refractivity contribution in [3.05, 3.63) is 29.8 Å². The van der Waals surface area contributed by atoms with E-state index in [1.165, 1.54) is 11.8 Å². The van der Waals surface area contributed by atoms with E-state index in [-0.39, 0.29) is 5.91 Å². The number of nitrogens with one attached hydrogen (secondary N) is 1. The Hall–Kier alpha value is -1.80. The molecule has 1 N–H and O–H groups in total. The average Bonchev–Trinajstić information content (AvgIpc) is 3.22. The van der Waals surface area contributed by atoms with Gasteiger partial charge in [0, 0.05) is 17.9 Å². The molecule has 0 radical (unpaired) electrons. The molecule has 0 unspecified atom stereocenters. The van der Waals surface area contributed by atoms with Crippen molar-refractivity contribution in [1.82, 2.24) is 20.1 Å². The fourth-order valence-electron chi connectivity index (χ4n) is 2.40. The number of aromatic nitrogens is 3. The molecule has 1 aromatic carbocycles. The Balaban J connectivity index is 1.70. The van der Waals surface area contributed by atoms with E-state index in [9.17, 15) is 4.79 Å². The highest BCUT2D eigenvalue weighted by Crippen LogP contribution is 2.26. The van der Waals surface area contributed by atoms with Gasteiger partial charge in [0.2, 0.25) is 5.91 Å². The quantitative estimate of drug-likeness (QED) is 0.829. The molecule has 0 atom stereocenters. The first kappa shape index (κ1) is 17.0. The van der Waals surface area contributed by atoms with Gasteiger partial charge in [-0.15, -0.1) is 10.2 Å². The number of hydrogen-bond donors (Lipinski definition) is 1. The van der Waals surface area contributed by atoms with Gasteiger partial charge in [-0.1, -0.05) is 47.8 Å². The highest BCUT2D eigenvalue weighted by Gasteiger charge is 2.17. The van der Waals surface area contributed by atoms with Crippen LogP contribution in [0.3, 0.4) is 0 Å². The highest BCUT2D eigenvalue weighted by atomic mass is 32.2. The summed E-state index contributed by atoms with van der Waals surface area (Å²) in [6, 6.07) is 8.11. The number of nitrogens with zero attached hydrogens (tertiary/aromatic N) is 4. The van der Waals surface area contributed by atoms with Crippen molar-refractivity contribution in [3.8, 4) is 11.4 Å². The summed E-state index contributed by atoms with van der Waals surface area (Å²) in [7, 11) is 0. The number of amides is 1. The van der Waals surface area contributed by atoms with Gasteiger partial charge < -0.3 is 9.88 Å². The van der Waals surface area contributed by atoms with Crippen LogP contribution >= 0.6 is 23.5 Å². The van der Waals surface area contributed by atoms with Crippen LogP contribution in [-0.2, 0) is 11.3 Å². The maximum absolute atomic E-state index is 12.0. The molecule has 1 aliphatic rings. The molecule has 0 saturated heterocycles. The number of aliphatic imine (C=N–C) groups is 1. The van der Waals surface area contributed by atoms with Gasteiger partial charge in [0.15, 0.2) is 16.1 Å². The van der Waals surface area contributed by atoms with Crippen molar-refractivity contribution in [2.45, 2.75) is 25.5 Å². The van der Waals surface area contributed by atoms with E-state index >= 15 is 0 Å². The Morgan fingerprint density at radius 3 is 2.92 bits per heavy atom. The summed E-state index contributed by atoms with van der Waals surface area (Å²) in [4.78, 5) is 16.2. The molecule has 0 aliphatic carbocycles. The number of amidine groups is 1. The molecule has 6 nitrogen and oxygen atoms in total. The van der Waals surface area contributed by atoms with Crippen molar-refractivity contribution >= 4 is 34.6 Å². The van der Waals surface area contributed by atoms with E-state index in [0.717, 1.165) is 46.1 Å². The molecular formula is C16H19N5OS2. The molecule has 0 spiro atoms. The number of carbonyl (C=O) groups is 1. The van der Waals surface area contributed by atoms with Gasteiger partial charge in [0.1, 0.15) is 0 Å². The van der Waals surface area contributed by atoms with Gasteiger partial charge in [-0.3, -0.25) is 9.79 Å². The van der Waals surface area contributed by atoms with Crippen LogP contribution in [0.2, 0.25) is 0 Å². The van der Waals surface area contributed by atoms with E-state index in [2.05, 4.69) is 40.4 Å². The van der Waals surface area contributed by atoms with E-state index in [0.29, 0.717) is 5.75 Å². The Labute approximate surface area is 149 Å². The summed E-state index contributed by atoms with van der Waals surface area (Å²) >= 11 is 2.98. The SMILES string of the molecule is CCn1c(SCC(=O)NC2=NCCS2)nnc1-c1ccccc1C. The van der Waals surface area contributed by atoms with Gasteiger partial charge in [-0.2, -0.15) is 0 Å². The monoisotopic (exact) mass is 361 g/mol. The van der Waals surface area contributed by atoms with Crippen LogP contribution in [0.1, 0.15) is 12.5 Å². The zero-order valence-electron chi connectivity index (χ0n) is 13.7. The molecule has 24 heavy (non-hydrogen) atoms. The molecule has 1 amide bonds. The predicted molar refractivity (Wildman–Crippen MR) is 99.5 cm³/mol. The minimum atomic E-state index is -0.0590. The van der Waals surface area contributed by atoms with Gasteiger partial charge in [-0.05, 0) is 19.4 Å². The maximum Gasteiger partial charge on any atom is 0.236 e. The van der Waals surface area contributed by atoms with Gasteiger partial charge in [0.05, 0.1) is 12.3 Å². The second-order valence-electron chi connectivity index (χ2n) is 5.24. The second kappa shape index (κ2) is 7.85. The molecule has 0 saturated carbocycles. The maximum atomic E-state index is 12.0. The van der Waals surface area contributed by atoms with E-state index in [1.54, 1.807) is 11.8 Å².